The molecule has 0 N–H and O–H groups in total. The number of fused-ring (bicyclic) bond motifs is 1. The van der Waals surface area contributed by atoms with Gasteiger partial charge in [-0.15, -0.1) is 0 Å². The van der Waals surface area contributed by atoms with Crippen molar-refractivity contribution < 1.29 is 23.8 Å². The topological polar surface area (TPSA) is 65.1 Å². The number of amides is 1. The van der Waals surface area contributed by atoms with Crippen molar-refractivity contribution in [2.24, 2.45) is 0 Å². The number of hydrogen-bond donors (Lipinski definition) is 0. The molecular weight excluding hydrogens is 582 g/mol. The fraction of sp³-hybridized carbons (Fsp3) is 0.579. The van der Waals surface area contributed by atoms with Crippen LogP contribution in [-0.4, -0.2) is 37.3 Å². The fourth-order valence-corrected chi connectivity index (χ4v) is 6.28. The molecule has 0 radical (unpaired) electrons. The Balaban J connectivity index is 1.22. The molecular formula is C38H55NO5S. The summed E-state index contributed by atoms with van der Waals surface area (Å²) in [7, 11) is 1.68. The summed E-state index contributed by atoms with van der Waals surface area (Å²) >= 11 is 1.62. The van der Waals surface area contributed by atoms with E-state index in [2.05, 4.69) is 36.6 Å². The first-order valence-corrected chi connectivity index (χ1v) is 18.2. The van der Waals surface area contributed by atoms with Gasteiger partial charge in [0.2, 0.25) is 6.79 Å². The Kier molecular flexibility index (Phi) is 18.2. The fourth-order valence-electron chi connectivity index (χ4n) is 5.57. The summed E-state index contributed by atoms with van der Waals surface area (Å²) in [5, 5.41) is 6.28. The van der Waals surface area contributed by atoms with Crippen LogP contribution in [0.4, 0.5) is 4.79 Å². The first kappa shape index (κ1) is 36.4. The lowest BCUT2D eigenvalue weighted by Gasteiger charge is -2.23. The second-order valence-electron chi connectivity index (χ2n) is 12.1. The molecule has 6 nitrogen and oxygen atoms in total. The lowest BCUT2D eigenvalue weighted by molar-refractivity contribution is -0.152. The van der Waals surface area contributed by atoms with Gasteiger partial charge >= 0.3 is 12.1 Å². The molecule has 2 aromatic carbocycles. The van der Waals surface area contributed by atoms with Gasteiger partial charge in [0.15, 0.2) is 0 Å². The predicted molar refractivity (Wildman–Crippen MR) is 186 cm³/mol. The van der Waals surface area contributed by atoms with Gasteiger partial charge in [-0.05, 0) is 34.7 Å². The monoisotopic (exact) mass is 637 g/mol. The smallest absolute Gasteiger partial charge is 0.412 e. The molecule has 0 fully saturated rings. The van der Waals surface area contributed by atoms with Crippen LogP contribution in [0.25, 0.3) is 10.8 Å². The highest BCUT2D eigenvalue weighted by Crippen LogP contribution is 2.32. The summed E-state index contributed by atoms with van der Waals surface area (Å²) in [5.74, 6) is 0.497. The van der Waals surface area contributed by atoms with Crippen molar-refractivity contribution >= 4 is 34.2 Å². The van der Waals surface area contributed by atoms with Gasteiger partial charge in [-0.3, -0.25) is 4.79 Å². The van der Waals surface area contributed by atoms with Crippen molar-refractivity contribution in [2.75, 3.05) is 20.4 Å². The van der Waals surface area contributed by atoms with Crippen LogP contribution in [0.5, 0.6) is 5.75 Å². The van der Waals surface area contributed by atoms with Crippen molar-refractivity contribution in [3.63, 3.8) is 0 Å². The highest BCUT2D eigenvalue weighted by atomic mass is 32.1. The van der Waals surface area contributed by atoms with E-state index in [1.165, 1.54) is 81.9 Å². The first-order valence-electron chi connectivity index (χ1n) is 17.3. The molecule has 45 heavy (non-hydrogen) atoms. The maximum Gasteiger partial charge on any atom is 0.412 e. The molecule has 3 rings (SSSR count). The number of hydrogen-bond acceptors (Lipinski definition) is 6. The highest BCUT2D eigenvalue weighted by molar-refractivity contribution is 7.07. The Morgan fingerprint density at radius 3 is 2.02 bits per heavy atom. The van der Waals surface area contributed by atoms with Gasteiger partial charge < -0.3 is 19.1 Å². The van der Waals surface area contributed by atoms with Crippen LogP contribution in [0, 0.1) is 0 Å². The zero-order valence-electron chi connectivity index (χ0n) is 27.7. The number of carbonyl (C=O) groups excluding carboxylic acids is 2. The summed E-state index contributed by atoms with van der Waals surface area (Å²) in [4.78, 5) is 26.1. The van der Waals surface area contributed by atoms with Crippen LogP contribution in [0.15, 0.2) is 59.3 Å². The van der Waals surface area contributed by atoms with E-state index < -0.39 is 6.09 Å². The normalized spacial score (nSPS) is 11.8. The van der Waals surface area contributed by atoms with Gasteiger partial charge in [0.05, 0.1) is 0 Å². The van der Waals surface area contributed by atoms with Crippen molar-refractivity contribution in [1.29, 1.82) is 0 Å². The van der Waals surface area contributed by atoms with E-state index in [0.717, 1.165) is 41.3 Å². The molecule has 1 aromatic heterocycles. The van der Waals surface area contributed by atoms with Gasteiger partial charge in [0, 0.05) is 37.4 Å². The number of rotatable bonds is 24. The summed E-state index contributed by atoms with van der Waals surface area (Å²) < 4.78 is 16.8. The number of thiophene rings is 1. The third-order valence-corrected chi connectivity index (χ3v) is 9.06. The Morgan fingerprint density at radius 2 is 1.38 bits per heavy atom. The SMILES string of the molecule is CCCCCCCCCCCCCCCCCC(=O)OCOC(=O)N(C)CCC(Oc1cccc2ccccc12)c1ccsc1. The molecule has 0 saturated carbocycles. The van der Waals surface area contributed by atoms with Crippen molar-refractivity contribution in [2.45, 2.75) is 122 Å². The van der Waals surface area contributed by atoms with Gasteiger partial charge in [0.1, 0.15) is 11.9 Å². The summed E-state index contributed by atoms with van der Waals surface area (Å²) in [6.45, 7) is 2.34. The van der Waals surface area contributed by atoms with E-state index in [0.29, 0.717) is 19.4 Å². The van der Waals surface area contributed by atoms with Crippen molar-refractivity contribution in [1.82, 2.24) is 4.90 Å². The Bertz CT molecular complexity index is 1210. The number of carbonyl (C=O) groups is 2. The van der Waals surface area contributed by atoms with Crippen LogP contribution in [0.1, 0.15) is 128 Å². The van der Waals surface area contributed by atoms with E-state index in [1.54, 1.807) is 18.4 Å². The highest BCUT2D eigenvalue weighted by Gasteiger charge is 2.19. The van der Waals surface area contributed by atoms with Crippen LogP contribution in [0.3, 0.4) is 0 Å². The number of esters is 1. The molecule has 1 atom stereocenters. The van der Waals surface area contributed by atoms with Crippen molar-refractivity contribution in [3.8, 4) is 5.75 Å². The lowest BCUT2D eigenvalue weighted by atomic mass is 10.0. The molecule has 1 unspecified atom stereocenters. The Hall–Kier alpha value is -3.06. The molecule has 7 heteroatoms. The third-order valence-electron chi connectivity index (χ3n) is 8.36. The molecule has 1 amide bonds. The Labute approximate surface area is 275 Å². The van der Waals surface area contributed by atoms with Gasteiger partial charge in [-0.25, -0.2) is 4.79 Å². The lowest BCUT2D eigenvalue weighted by Crippen LogP contribution is -2.30. The molecule has 0 spiro atoms. The van der Waals surface area contributed by atoms with E-state index >= 15 is 0 Å². The standard InChI is InChI=1S/C38H55NO5S/c1-3-4-5-6-7-8-9-10-11-12-13-14-15-16-17-25-37(40)42-31-43-38(41)39(2)28-26-35(33-27-29-45-30-33)44-36-24-20-22-32-21-18-19-23-34(32)36/h18-24,27,29-30,35H,3-17,25-26,28,31H2,1-2H3. The van der Waals surface area contributed by atoms with Crippen LogP contribution in [-0.2, 0) is 14.3 Å². The first-order chi connectivity index (χ1) is 22.1. The second kappa shape index (κ2) is 22.4. The molecule has 0 saturated heterocycles. The summed E-state index contributed by atoms with van der Waals surface area (Å²) in [6, 6.07) is 16.2. The van der Waals surface area contributed by atoms with Gasteiger partial charge in [0.25, 0.3) is 0 Å². The summed E-state index contributed by atoms with van der Waals surface area (Å²) in [5.41, 5.74) is 1.07. The molecule has 0 aliphatic heterocycles. The van der Waals surface area contributed by atoms with Gasteiger partial charge in [-0.2, -0.15) is 11.3 Å². The average molecular weight is 638 g/mol. The number of unbranched alkanes of at least 4 members (excludes halogenated alkanes) is 14. The minimum atomic E-state index is -0.524. The maximum atomic E-state index is 12.5. The largest absolute Gasteiger partial charge is 0.485 e. The molecule has 248 valence electrons. The summed E-state index contributed by atoms with van der Waals surface area (Å²) in [6.07, 6.45) is 19.5. The zero-order chi connectivity index (χ0) is 32.0. The van der Waals surface area contributed by atoms with Crippen LogP contribution in [0.2, 0.25) is 0 Å². The quantitative estimate of drug-likeness (QED) is 0.0555. The Morgan fingerprint density at radius 1 is 0.756 bits per heavy atom. The third kappa shape index (κ3) is 14.7. The van der Waals surface area contributed by atoms with E-state index in [4.69, 9.17) is 14.2 Å². The minimum absolute atomic E-state index is 0.218. The van der Waals surface area contributed by atoms with E-state index in [-0.39, 0.29) is 18.9 Å². The molecule has 1 heterocycles. The molecule has 0 aliphatic rings. The van der Waals surface area contributed by atoms with Crippen LogP contribution >= 0.6 is 11.3 Å². The number of benzene rings is 2. The predicted octanol–water partition coefficient (Wildman–Crippen LogP) is 11.2. The zero-order valence-corrected chi connectivity index (χ0v) is 28.5. The average Bonchev–Trinajstić information content (AvgIpc) is 3.60. The van der Waals surface area contributed by atoms with E-state index in [9.17, 15) is 9.59 Å². The van der Waals surface area contributed by atoms with Gasteiger partial charge in [-0.1, -0.05) is 133 Å². The molecule has 0 aliphatic carbocycles. The van der Waals surface area contributed by atoms with Crippen molar-refractivity contribution in [3.05, 3.63) is 64.9 Å². The number of nitrogens with zero attached hydrogens (tertiary/aromatic N) is 1. The number of ether oxygens (including phenoxy) is 3. The van der Waals surface area contributed by atoms with E-state index in [1.807, 2.05) is 29.6 Å². The molecule has 0 bridgehead atoms. The van der Waals surface area contributed by atoms with Crippen LogP contribution < -0.4 is 4.74 Å². The molecule has 3 aromatic rings. The maximum absolute atomic E-state index is 12.5. The minimum Gasteiger partial charge on any atom is -0.485 e. The second-order valence-corrected chi connectivity index (χ2v) is 12.9.